The van der Waals surface area contributed by atoms with Crippen molar-refractivity contribution in [2.75, 3.05) is 18.6 Å². The molecule has 1 aromatic carbocycles. The third kappa shape index (κ3) is 4.48. The van der Waals surface area contributed by atoms with Gasteiger partial charge in [-0.15, -0.1) is 11.8 Å². The normalized spacial score (nSPS) is 13.2. The van der Waals surface area contributed by atoms with Gasteiger partial charge in [-0.3, -0.25) is 10.1 Å². The van der Waals surface area contributed by atoms with E-state index in [2.05, 4.69) is 0 Å². The predicted molar refractivity (Wildman–Crippen MR) is 73.2 cm³/mol. The number of benzene rings is 1. The van der Waals surface area contributed by atoms with Gasteiger partial charge in [0, 0.05) is 24.7 Å². The van der Waals surface area contributed by atoms with Crippen LogP contribution in [0.3, 0.4) is 0 Å². The summed E-state index contributed by atoms with van der Waals surface area (Å²) in [4.78, 5) is 10.7. The van der Waals surface area contributed by atoms with Crippen molar-refractivity contribution in [3.8, 4) is 0 Å². The Morgan fingerprint density at radius 3 is 2.58 bits per heavy atom. The highest BCUT2D eigenvalue weighted by atomic mass is 32.2. The highest BCUT2D eigenvalue weighted by Crippen LogP contribution is 2.32. The molecule has 0 aliphatic carbocycles. The lowest BCUT2D eigenvalue weighted by molar-refractivity contribution is -0.388. The molecule has 0 aliphatic heterocycles. The minimum Gasteiger partial charge on any atom is -0.396 e. The first-order valence-electron chi connectivity index (χ1n) is 5.48. The lowest BCUT2D eigenvalue weighted by Crippen LogP contribution is -2.04. The van der Waals surface area contributed by atoms with Crippen molar-refractivity contribution < 1.29 is 18.4 Å². The highest BCUT2D eigenvalue weighted by Gasteiger charge is 2.19. The SMILES string of the molecule is CC(CO)CSc1ccc(S(C)(=O)=O)cc1[N+](=O)[O-]. The van der Waals surface area contributed by atoms with Gasteiger partial charge >= 0.3 is 0 Å². The van der Waals surface area contributed by atoms with Gasteiger partial charge in [0.25, 0.3) is 5.69 Å². The molecule has 8 heteroatoms. The molecule has 0 saturated carbocycles. The molecule has 106 valence electrons. The molecule has 0 aliphatic rings. The van der Waals surface area contributed by atoms with E-state index in [4.69, 9.17) is 5.11 Å². The highest BCUT2D eigenvalue weighted by molar-refractivity contribution is 7.99. The van der Waals surface area contributed by atoms with E-state index in [1.165, 1.54) is 23.9 Å². The van der Waals surface area contributed by atoms with Crippen molar-refractivity contribution >= 4 is 27.3 Å². The Kier molecular flexibility index (Phi) is 5.33. The molecule has 1 rings (SSSR count). The number of aliphatic hydroxyl groups is 1. The zero-order valence-electron chi connectivity index (χ0n) is 10.6. The van der Waals surface area contributed by atoms with E-state index in [1.54, 1.807) is 0 Å². The Morgan fingerprint density at radius 2 is 2.11 bits per heavy atom. The van der Waals surface area contributed by atoms with Gasteiger partial charge < -0.3 is 5.11 Å². The van der Waals surface area contributed by atoms with Crippen LogP contribution in [0.2, 0.25) is 0 Å². The molecule has 0 heterocycles. The largest absolute Gasteiger partial charge is 0.396 e. The van der Waals surface area contributed by atoms with Gasteiger partial charge in [0.1, 0.15) is 0 Å². The molecule has 1 aromatic rings. The molecule has 0 fully saturated rings. The monoisotopic (exact) mass is 305 g/mol. The van der Waals surface area contributed by atoms with E-state index >= 15 is 0 Å². The summed E-state index contributed by atoms with van der Waals surface area (Å²) in [6, 6.07) is 3.86. The number of hydrogen-bond donors (Lipinski definition) is 1. The Hall–Kier alpha value is -1.12. The number of thioether (sulfide) groups is 1. The molecular formula is C11H15NO5S2. The topological polar surface area (TPSA) is 97.5 Å². The van der Waals surface area contributed by atoms with Crippen LogP contribution in [0.5, 0.6) is 0 Å². The number of nitro benzene ring substituents is 1. The van der Waals surface area contributed by atoms with Gasteiger partial charge in [-0.25, -0.2) is 8.42 Å². The van der Waals surface area contributed by atoms with Crippen molar-refractivity contribution in [3.63, 3.8) is 0 Å². The van der Waals surface area contributed by atoms with Crippen LogP contribution in [-0.4, -0.2) is 37.1 Å². The number of sulfone groups is 1. The standard InChI is InChI=1S/C11H15NO5S2/c1-8(6-13)7-18-11-4-3-9(19(2,16)17)5-10(11)12(14)15/h3-5,8,13H,6-7H2,1-2H3. The average Bonchev–Trinajstić information content (AvgIpc) is 2.34. The van der Waals surface area contributed by atoms with E-state index < -0.39 is 14.8 Å². The van der Waals surface area contributed by atoms with Crippen molar-refractivity contribution in [3.05, 3.63) is 28.3 Å². The first-order valence-corrected chi connectivity index (χ1v) is 8.35. The zero-order chi connectivity index (χ0) is 14.6. The van der Waals surface area contributed by atoms with Gasteiger partial charge in [-0.2, -0.15) is 0 Å². The predicted octanol–water partition coefficient (Wildman–Crippen LogP) is 1.72. The number of hydrogen-bond acceptors (Lipinski definition) is 6. The van der Waals surface area contributed by atoms with Crippen molar-refractivity contribution in [2.45, 2.75) is 16.7 Å². The fraction of sp³-hybridized carbons (Fsp3) is 0.455. The van der Waals surface area contributed by atoms with E-state index in [9.17, 15) is 18.5 Å². The molecule has 1 unspecified atom stereocenters. The van der Waals surface area contributed by atoms with Crippen LogP contribution in [0.15, 0.2) is 28.0 Å². The van der Waals surface area contributed by atoms with E-state index in [-0.39, 0.29) is 23.1 Å². The molecule has 6 nitrogen and oxygen atoms in total. The second-order valence-corrected chi connectivity index (χ2v) is 7.34. The van der Waals surface area contributed by atoms with Crippen molar-refractivity contribution in [1.82, 2.24) is 0 Å². The second kappa shape index (κ2) is 6.36. The summed E-state index contributed by atoms with van der Waals surface area (Å²) in [7, 11) is -3.47. The van der Waals surface area contributed by atoms with Crippen LogP contribution in [0, 0.1) is 16.0 Å². The maximum atomic E-state index is 11.4. The maximum Gasteiger partial charge on any atom is 0.284 e. The molecule has 0 bridgehead atoms. The van der Waals surface area contributed by atoms with Crippen LogP contribution in [-0.2, 0) is 9.84 Å². The molecule has 0 aromatic heterocycles. The molecule has 1 atom stereocenters. The van der Waals surface area contributed by atoms with Crippen LogP contribution in [0.1, 0.15) is 6.92 Å². The zero-order valence-corrected chi connectivity index (χ0v) is 12.2. The Balaban J connectivity index is 3.09. The fourth-order valence-corrected chi connectivity index (χ4v) is 2.93. The smallest absolute Gasteiger partial charge is 0.284 e. The first-order chi connectivity index (χ1) is 8.75. The summed E-state index contributed by atoms with van der Waals surface area (Å²) in [6.45, 7) is 1.83. The maximum absolute atomic E-state index is 11.4. The third-order valence-corrected chi connectivity index (χ3v) is 4.89. The van der Waals surface area contributed by atoms with Crippen LogP contribution >= 0.6 is 11.8 Å². The lowest BCUT2D eigenvalue weighted by Gasteiger charge is -2.08. The van der Waals surface area contributed by atoms with Crippen LogP contribution in [0.4, 0.5) is 5.69 Å². The van der Waals surface area contributed by atoms with E-state index in [0.29, 0.717) is 10.6 Å². The molecular weight excluding hydrogens is 290 g/mol. The van der Waals surface area contributed by atoms with Gasteiger partial charge in [0.05, 0.1) is 14.7 Å². The summed E-state index contributed by atoms with van der Waals surface area (Å²) in [5.41, 5.74) is -0.224. The molecule has 0 spiro atoms. The van der Waals surface area contributed by atoms with Gasteiger partial charge in [-0.05, 0) is 18.1 Å². The van der Waals surface area contributed by atoms with E-state index in [0.717, 1.165) is 12.3 Å². The first kappa shape index (κ1) is 15.9. The minimum absolute atomic E-state index is 0.00220. The second-order valence-electron chi connectivity index (χ2n) is 4.26. The van der Waals surface area contributed by atoms with Gasteiger partial charge in [-0.1, -0.05) is 6.92 Å². The summed E-state index contributed by atoms with van der Waals surface area (Å²) in [5.74, 6) is 0.537. The van der Waals surface area contributed by atoms with Gasteiger partial charge in [0.15, 0.2) is 9.84 Å². The average molecular weight is 305 g/mol. The van der Waals surface area contributed by atoms with Crippen LogP contribution in [0.25, 0.3) is 0 Å². The number of rotatable bonds is 6. The molecule has 0 amide bonds. The number of nitrogens with zero attached hydrogens (tertiary/aromatic N) is 1. The molecule has 0 radical (unpaired) electrons. The van der Waals surface area contributed by atoms with Crippen molar-refractivity contribution in [2.24, 2.45) is 5.92 Å². The lowest BCUT2D eigenvalue weighted by atomic mass is 10.2. The molecule has 1 N–H and O–H groups in total. The van der Waals surface area contributed by atoms with Crippen molar-refractivity contribution in [1.29, 1.82) is 0 Å². The summed E-state index contributed by atoms with van der Waals surface area (Å²) < 4.78 is 22.7. The minimum atomic E-state index is -3.47. The van der Waals surface area contributed by atoms with E-state index in [1.807, 2.05) is 6.92 Å². The third-order valence-electron chi connectivity index (χ3n) is 2.39. The Bertz CT molecular complexity index is 570. The number of aliphatic hydroxyl groups excluding tert-OH is 1. The molecule has 0 saturated heterocycles. The Labute approximate surface area is 115 Å². The van der Waals surface area contributed by atoms with Gasteiger partial charge in [0.2, 0.25) is 0 Å². The fourth-order valence-electron chi connectivity index (χ4n) is 1.28. The number of nitro groups is 1. The molecule has 19 heavy (non-hydrogen) atoms. The quantitative estimate of drug-likeness (QED) is 0.488. The Morgan fingerprint density at radius 1 is 1.47 bits per heavy atom. The van der Waals surface area contributed by atoms with Crippen LogP contribution < -0.4 is 0 Å². The summed E-state index contributed by atoms with van der Waals surface area (Å²) >= 11 is 1.23. The summed E-state index contributed by atoms with van der Waals surface area (Å²) in [5, 5.41) is 19.9. The summed E-state index contributed by atoms with van der Waals surface area (Å²) in [6.07, 6.45) is 1.01.